The summed E-state index contributed by atoms with van der Waals surface area (Å²) in [7, 11) is 0. The van der Waals surface area contributed by atoms with E-state index in [-0.39, 0.29) is 0 Å². The van der Waals surface area contributed by atoms with E-state index >= 15 is 0 Å². The van der Waals surface area contributed by atoms with Crippen molar-refractivity contribution in [1.82, 2.24) is 0 Å². The second-order valence-corrected chi connectivity index (χ2v) is 3.99. The molecule has 0 saturated carbocycles. The lowest BCUT2D eigenvalue weighted by Crippen LogP contribution is -2.16. The minimum Gasteiger partial charge on any atom is -0.317 e. The van der Waals surface area contributed by atoms with Crippen molar-refractivity contribution < 1.29 is 0 Å². The summed E-state index contributed by atoms with van der Waals surface area (Å²) in [5, 5.41) is 0. The molecular formula is C15H13N. The minimum atomic E-state index is 1.01. The van der Waals surface area contributed by atoms with Crippen LogP contribution < -0.4 is 4.90 Å². The van der Waals surface area contributed by atoms with Gasteiger partial charge in [0.05, 0.1) is 0 Å². The summed E-state index contributed by atoms with van der Waals surface area (Å²) in [6, 6.07) is 17.0. The van der Waals surface area contributed by atoms with Crippen LogP contribution in [0.1, 0.15) is 11.1 Å². The molecule has 0 aromatic heterocycles. The maximum Gasteiger partial charge on any atom is 0.0490 e. The van der Waals surface area contributed by atoms with E-state index in [2.05, 4.69) is 60.0 Å². The van der Waals surface area contributed by atoms with Gasteiger partial charge in [-0.05, 0) is 23.3 Å². The molecule has 1 aliphatic rings. The average Bonchev–Trinajstić information content (AvgIpc) is 2.36. The smallest absolute Gasteiger partial charge is 0.0490 e. The van der Waals surface area contributed by atoms with Crippen LogP contribution in [0.15, 0.2) is 61.3 Å². The number of para-hydroxylation sites is 2. The topological polar surface area (TPSA) is 3.24 Å². The Bertz CT molecular complexity index is 497. The maximum atomic E-state index is 3.91. The Morgan fingerprint density at radius 3 is 1.88 bits per heavy atom. The van der Waals surface area contributed by atoms with Gasteiger partial charge in [-0.1, -0.05) is 43.0 Å². The van der Waals surface area contributed by atoms with Gasteiger partial charge < -0.3 is 4.90 Å². The van der Waals surface area contributed by atoms with E-state index in [1.165, 1.54) is 22.5 Å². The Morgan fingerprint density at radius 2 is 1.38 bits per heavy atom. The van der Waals surface area contributed by atoms with E-state index in [4.69, 9.17) is 0 Å². The van der Waals surface area contributed by atoms with E-state index in [1.54, 1.807) is 0 Å². The summed E-state index contributed by atoms with van der Waals surface area (Å²) in [5.74, 6) is 0. The molecule has 0 amide bonds. The number of hydrogen-bond acceptors (Lipinski definition) is 1. The molecule has 1 heteroatoms. The van der Waals surface area contributed by atoms with Crippen LogP contribution in [0.3, 0.4) is 0 Å². The zero-order valence-electron chi connectivity index (χ0n) is 9.06. The Balaban J connectivity index is 2.23. The predicted octanol–water partition coefficient (Wildman–Crippen LogP) is 3.87. The SMILES string of the molecule is C=CN1c2ccccc2Cc2ccccc21. The third kappa shape index (κ3) is 1.25. The van der Waals surface area contributed by atoms with Crippen LogP contribution in [0.4, 0.5) is 11.4 Å². The van der Waals surface area contributed by atoms with Gasteiger partial charge >= 0.3 is 0 Å². The van der Waals surface area contributed by atoms with E-state index in [0.29, 0.717) is 0 Å². The summed E-state index contributed by atoms with van der Waals surface area (Å²) in [5.41, 5.74) is 5.22. The van der Waals surface area contributed by atoms with Crippen molar-refractivity contribution in [3.05, 3.63) is 72.4 Å². The van der Waals surface area contributed by atoms with Gasteiger partial charge in [0, 0.05) is 24.0 Å². The van der Waals surface area contributed by atoms with E-state index in [1.807, 2.05) is 6.20 Å². The van der Waals surface area contributed by atoms with Gasteiger partial charge in [0.15, 0.2) is 0 Å². The normalized spacial score (nSPS) is 12.9. The fraction of sp³-hybridized carbons (Fsp3) is 0.0667. The molecule has 0 spiro atoms. The first-order chi connectivity index (χ1) is 7.90. The molecule has 1 heterocycles. The fourth-order valence-electron chi connectivity index (χ4n) is 2.32. The first-order valence-corrected chi connectivity index (χ1v) is 5.48. The number of fused-ring (bicyclic) bond motifs is 2. The first-order valence-electron chi connectivity index (χ1n) is 5.48. The summed E-state index contributed by atoms with van der Waals surface area (Å²) in [4.78, 5) is 2.16. The average molecular weight is 207 g/mol. The summed E-state index contributed by atoms with van der Waals surface area (Å²) in [6.45, 7) is 3.91. The minimum absolute atomic E-state index is 1.01. The van der Waals surface area contributed by atoms with Crippen LogP contribution in [0, 0.1) is 0 Å². The number of hydrogen-bond donors (Lipinski definition) is 0. The molecule has 0 aliphatic carbocycles. The molecule has 2 aromatic carbocycles. The van der Waals surface area contributed by atoms with Gasteiger partial charge in [-0.2, -0.15) is 0 Å². The molecule has 78 valence electrons. The second-order valence-electron chi connectivity index (χ2n) is 3.99. The lowest BCUT2D eigenvalue weighted by molar-refractivity contribution is 1.09. The number of nitrogens with zero attached hydrogens (tertiary/aromatic N) is 1. The second kappa shape index (κ2) is 3.53. The highest BCUT2D eigenvalue weighted by Gasteiger charge is 2.19. The number of anilines is 2. The summed E-state index contributed by atoms with van der Waals surface area (Å²) < 4.78 is 0. The zero-order valence-corrected chi connectivity index (χ0v) is 9.06. The molecule has 3 rings (SSSR count). The highest BCUT2D eigenvalue weighted by Crippen LogP contribution is 2.38. The summed E-state index contributed by atoms with van der Waals surface area (Å²) >= 11 is 0. The quantitative estimate of drug-likeness (QED) is 0.686. The van der Waals surface area contributed by atoms with Crippen molar-refractivity contribution in [2.45, 2.75) is 6.42 Å². The van der Waals surface area contributed by atoms with Gasteiger partial charge in [-0.15, -0.1) is 0 Å². The van der Waals surface area contributed by atoms with Gasteiger partial charge in [-0.25, -0.2) is 0 Å². The molecule has 1 aliphatic heterocycles. The predicted molar refractivity (Wildman–Crippen MR) is 68.0 cm³/mol. The van der Waals surface area contributed by atoms with Gasteiger partial charge in [0.25, 0.3) is 0 Å². The standard InChI is InChI=1S/C15H13N/c1-2-16-14-9-5-3-7-12(14)11-13-8-4-6-10-15(13)16/h2-10H,1,11H2. The van der Waals surface area contributed by atoms with Crippen molar-refractivity contribution in [2.75, 3.05) is 4.90 Å². The van der Waals surface area contributed by atoms with Crippen LogP contribution in [0.25, 0.3) is 0 Å². The molecule has 0 bridgehead atoms. The Morgan fingerprint density at radius 1 is 0.875 bits per heavy atom. The third-order valence-corrected chi connectivity index (χ3v) is 3.07. The van der Waals surface area contributed by atoms with E-state index in [9.17, 15) is 0 Å². The molecule has 0 radical (unpaired) electrons. The molecule has 0 unspecified atom stereocenters. The summed E-state index contributed by atoms with van der Waals surface area (Å²) in [6.07, 6.45) is 2.90. The Labute approximate surface area is 95.6 Å². The molecule has 2 aromatic rings. The van der Waals surface area contributed by atoms with Crippen molar-refractivity contribution in [2.24, 2.45) is 0 Å². The third-order valence-electron chi connectivity index (χ3n) is 3.07. The van der Waals surface area contributed by atoms with Gasteiger partial charge in [-0.3, -0.25) is 0 Å². The van der Waals surface area contributed by atoms with Gasteiger partial charge in [0.1, 0.15) is 0 Å². The Hall–Kier alpha value is -2.02. The highest BCUT2D eigenvalue weighted by molar-refractivity contribution is 5.75. The van der Waals surface area contributed by atoms with Crippen molar-refractivity contribution in [3.63, 3.8) is 0 Å². The molecule has 16 heavy (non-hydrogen) atoms. The van der Waals surface area contributed by atoms with Crippen LogP contribution in [0.5, 0.6) is 0 Å². The van der Waals surface area contributed by atoms with Crippen LogP contribution in [-0.2, 0) is 6.42 Å². The monoisotopic (exact) mass is 207 g/mol. The van der Waals surface area contributed by atoms with Crippen LogP contribution in [-0.4, -0.2) is 0 Å². The maximum absolute atomic E-state index is 3.91. The number of benzene rings is 2. The van der Waals surface area contributed by atoms with E-state index < -0.39 is 0 Å². The van der Waals surface area contributed by atoms with Crippen molar-refractivity contribution in [1.29, 1.82) is 0 Å². The molecule has 0 fully saturated rings. The van der Waals surface area contributed by atoms with Crippen LogP contribution in [0.2, 0.25) is 0 Å². The molecular weight excluding hydrogens is 194 g/mol. The lowest BCUT2D eigenvalue weighted by atomic mass is 9.96. The lowest BCUT2D eigenvalue weighted by Gasteiger charge is -2.30. The number of rotatable bonds is 1. The van der Waals surface area contributed by atoms with Crippen LogP contribution >= 0.6 is 0 Å². The molecule has 0 N–H and O–H groups in total. The van der Waals surface area contributed by atoms with Crippen molar-refractivity contribution in [3.8, 4) is 0 Å². The highest BCUT2D eigenvalue weighted by atomic mass is 15.1. The zero-order chi connectivity index (χ0) is 11.0. The van der Waals surface area contributed by atoms with Gasteiger partial charge in [0.2, 0.25) is 0 Å². The van der Waals surface area contributed by atoms with Crippen molar-refractivity contribution >= 4 is 11.4 Å². The first kappa shape index (κ1) is 9.22. The largest absolute Gasteiger partial charge is 0.317 e. The fourth-order valence-corrected chi connectivity index (χ4v) is 2.32. The van der Waals surface area contributed by atoms with E-state index in [0.717, 1.165) is 6.42 Å². The molecule has 0 saturated heterocycles. The molecule has 0 atom stereocenters. The molecule has 1 nitrogen and oxygen atoms in total. The Kier molecular flexibility index (Phi) is 2.03.